The topological polar surface area (TPSA) is 49.6 Å². The molecule has 0 bridgehead atoms. The molecular weight excluding hydrogens is 326 g/mol. The number of amides is 1. The Bertz CT molecular complexity index is 666. The van der Waals surface area contributed by atoms with Crippen molar-refractivity contribution in [2.45, 2.75) is 70.9 Å². The molecule has 1 aromatic heterocycles. The average Bonchev–Trinajstić information content (AvgIpc) is 3.06. The van der Waals surface area contributed by atoms with E-state index in [-0.39, 0.29) is 0 Å². The molecule has 3 aliphatic rings. The summed E-state index contributed by atoms with van der Waals surface area (Å²) in [4.78, 5) is 17.3. The zero-order valence-electron chi connectivity index (χ0n) is 16.0. The molecule has 2 fully saturated rings. The Kier molecular flexibility index (Phi) is 5.44. The van der Waals surface area contributed by atoms with Crippen molar-refractivity contribution in [2.75, 3.05) is 19.6 Å². The van der Waals surface area contributed by atoms with Gasteiger partial charge in [-0.2, -0.15) is 0 Å². The van der Waals surface area contributed by atoms with Gasteiger partial charge in [0.2, 0.25) is 5.91 Å². The number of carbonyl (C=O) groups is 1. The second-order valence-corrected chi connectivity index (χ2v) is 8.27. The third kappa shape index (κ3) is 4.03. The first-order valence-corrected chi connectivity index (χ1v) is 10.3. The first kappa shape index (κ1) is 17.8. The van der Waals surface area contributed by atoms with Gasteiger partial charge < -0.3 is 9.42 Å². The zero-order chi connectivity index (χ0) is 17.9. The number of likely N-dealkylation sites (tertiary alicyclic amines) is 2. The monoisotopic (exact) mass is 357 g/mol. The molecule has 0 N–H and O–H groups in total. The number of aryl methyl sites for hydroxylation is 1. The Labute approximate surface area is 156 Å². The number of fused-ring (bicyclic) bond motifs is 1. The molecule has 4 rings (SSSR count). The quantitative estimate of drug-likeness (QED) is 0.754. The van der Waals surface area contributed by atoms with E-state index in [2.05, 4.69) is 21.0 Å². The van der Waals surface area contributed by atoms with Gasteiger partial charge in [-0.1, -0.05) is 16.8 Å². The number of nitrogens with zero attached hydrogens (tertiary/aromatic N) is 3. The van der Waals surface area contributed by atoms with Crippen molar-refractivity contribution in [3.8, 4) is 0 Å². The molecule has 1 aliphatic carbocycles. The summed E-state index contributed by atoms with van der Waals surface area (Å²) in [5.74, 6) is 1.93. The van der Waals surface area contributed by atoms with Gasteiger partial charge in [-0.15, -0.1) is 0 Å². The van der Waals surface area contributed by atoms with Crippen LogP contribution in [0.4, 0.5) is 0 Å². The minimum Gasteiger partial charge on any atom is -0.360 e. The zero-order valence-corrected chi connectivity index (χ0v) is 16.0. The highest BCUT2D eigenvalue weighted by atomic mass is 16.5. The molecule has 142 valence electrons. The predicted octanol–water partition coefficient (Wildman–Crippen LogP) is 3.69. The molecule has 3 heterocycles. The van der Waals surface area contributed by atoms with E-state index < -0.39 is 0 Å². The third-order valence-corrected chi connectivity index (χ3v) is 6.34. The molecule has 0 spiro atoms. The largest absolute Gasteiger partial charge is 0.360 e. The lowest BCUT2D eigenvalue weighted by Crippen LogP contribution is -2.56. The molecule has 1 amide bonds. The average molecular weight is 357 g/mol. The fourth-order valence-electron chi connectivity index (χ4n) is 4.97. The van der Waals surface area contributed by atoms with Crippen LogP contribution >= 0.6 is 0 Å². The number of rotatable bonds is 5. The SMILES string of the molecule is Cc1cc(CN2CCC3C(CCC(=O)N3CCC3=CCCCC3)C2)on1. The highest BCUT2D eigenvalue weighted by molar-refractivity contribution is 5.77. The van der Waals surface area contributed by atoms with Crippen LogP contribution in [-0.2, 0) is 11.3 Å². The van der Waals surface area contributed by atoms with Crippen LogP contribution < -0.4 is 0 Å². The Hall–Kier alpha value is -1.62. The molecule has 0 radical (unpaired) electrons. The predicted molar refractivity (Wildman–Crippen MR) is 101 cm³/mol. The van der Waals surface area contributed by atoms with Crippen molar-refractivity contribution in [3.05, 3.63) is 29.2 Å². The van der Waals surface area contributed by atoms with Gasteiger partial charge in [-0.05, 0) is 57.8 Å². The maximum absolute atomic E-state index is 12.6. The van der Waals surface area contributed by atoms with E-state index in [4.69, 9.17) is 4.52 Å². The number of piperidine rings is 2. The Morgan fingerprint density at radius 3 is 2.96 bits per heavy atom. The number of allylic oxidation sites excluding steroid dienone is 1. The van der Waals surface area contributed by atoms with Crippen LogP contribution in [-0.4, -0.2) is 46.5 Å². The minimum atomic E-state index is 0.377. The van der Waals surface area contributed by atoms with E-state index in [0.717, 1.165) is 63.3 Å². The van der Waals surface area contributed by atoms with Gasteiger partial charge in [0.25, 0.3) is 0 Å². The molecule has 0 saturated carbocycles. The van der Waals surface area contributed by atoms with Gasteiger partial charge in [0.1, 0.15) is 0 Å². The van der Waals surface area contributed by atoms with E-state index in [9.17, 15) is 4.79 Å². The van der Waals surface area contributed by atoms with Crippen LogP contribution in [0.3, 0.4) is 0 Å². The van der Waals surface area contributed by atoms with Gasteiger partial charge in [0.15, 0.2) is 5.76 Å². The second kappa shape index (κ2) is 7.95. The lowest BCUT2D eigenvalue weighted by Gasteiger charge is -2.47. The van der Waals surface area contributed by atoms with Crippen LogP contribution in [0.2, 0.25) is 0 Å². The fourth-order valence-corrected chi connectivity index (χ4v) is 4.97. The molecule has 5 nitrogen and oxygen atoms in total. The van der Waals surface area contributed by atoms with Crippen LogP contribution in [0.15, 0.2) is 22.2 Å². The molecule has 2 unspecified atom stereocenters. The van der Waals surface area contributed by atoms with E-state index in [0.29, 0.717) is 17.9 Å². The Morgan fingerprint density at radius 2 is 2.19 bits per heavy atom. The van der Waals surface area contributed by atoms with Gasteiger partial charge in [0, 0.05) is 38.2 Å². The number of carbonyl (C=O) groups excluding carboxylic acids is 1. The molecule has 5 heteroatoms. The van der Waals surface area contributed by atoms with E-state index in [1.807, 2.05) is 13.0 Å². The number of aromatic nitrogens is 1. The highest BCUT2D eigenvalue weighted by Gasteiger charge is 2.39. The number of hydrogen-bond donors (Lipinski definition) is 0. The Morgan fingerprint density at radius 1 is 1.27 bits per heavy atom. The summed E-state index contributed by atoms with van der Waals surface area (Å²) in [6.07, 6.45) is 11.4. The van der Waals surface area contributed by atoms with Crippen LogP contribution in [0.25, 0.3) is 0 Å². The lowest BCUT2D eigenvalue weighted by atomic mass is 9.83. The third-order valence-electron chi connectivity index (χ3n) is 6.34. The van der Waals surface area contributed by atoms with Gasteiger partial charge in [0.05, 0.1) is 12.2 Å². The van der Waals surface area contributed by atoms with E-state index in [1.54, 1.807) is 5.57 Å². The molecular formula is C21H31N3O2. The van der Waals surface area contributed by atoms with Gasteiger partial charge in [-0.25, -0.2) is 0 Å². The summed E-state index contributed by atoms with van der Waals surface area (Å²) >= 11 is 0. The van der Waals surface area contributed by atoms with Crippen LogP contribution in [0.5, 0.6) is 0 Å². The fraction of sp³-hybridized carbons (Fsp3) is 0.714. The normalized spacial score (nSPS) is 27.3. The second-order valence-electron chi connectivity index (χ2n) is 8.27. The maximum atomic E-state index is 12.6. The smallest absolute Gasteiger partial charge is 0.222 e. The summed E-state index contributed by atoms with van der Waals surface area (Å²) in [5.41, 5.74) is 2.52. The Balaban J connectivity index is 1.34. The molecule has 0 aromatic carbocycles. The molecule has 26 heavy (non-hydrogen) atoms. The van der Waals surface area contributed by atoms with Crippen molar-refractivity contribution in [2.24, 2.45) is 5.92 Å². The van der Waals surface area contributed by atoms with Crippen molar-refractivity contribution in [1.29, 1.82) is 0 Å². The van der Waals surface area contributed by atoms with Crippen molar-refractivity contribution >= 4 is 5.91 Å². The highest BCUT2D eigenvalue weighted by Crippen LogP contribution is 2.33. The molecule has 1 aromatic rings. The summed E-state index contributed by atoms with van der Waals surface area (Å²) < 4.78 is 5.38. The summed E-state index contributed by atoms with van der Waals surface area (Å²) in [7, 11) is 0. The molecule has 2 aliphatic heterocycles. The van der Waals surface area contributed by atoms with Crippen LogP contribution in [0, 0.1) is 12.8 Å². The van der Waals surface area contributed by atoms with Gasteiger partial charge >= 0.3 is 0 Å². The van der Waals surface area contributed by atoms with Crippen LogP contribution in [0.1, 0.15) is 62.8 Å². The van der Waals surface area contributed by atoms with E-state index >= 15 is 0 Å². The van der Waals surface area contributed by atoms with Crippen molar-refractivity contribution < 1.29 is 9.32 Å². The molecule has 2 atom stereocenters. The van der Waals surface area contributed by atoms with Crippen molar-refractivity contribution in [3.63, 3.8) is 0 Å². The summed E-state index contributed by atoms with van der Waals surface area (Å²) in [5, 5.41) is 3.99. The van der Waals surface area contributed by atoms with Gasteiger partial charge in [-0.3, -0.25) is 9.69 Å². The standard InChI is InChI=1S/C21H31N3O2/c1-16-13-19(26-22-16)15-23-11-10-20-18(14-23)7-8-21(25)24(20)12-9-17-5-3-2-4-6-17/h5,13,18,20H,2-4,6-12,14-15H2,1H3. The first-order chi connectivity index (χ1) is 12.7. The first-order valence-electron chi connectivity index (χ1n) is 10.3. The lowest BCUT2D eigenvalue weighted by molar-refractivity contribution is -0.141. The van der Waals surface area contributed by atoms with Crippen molar-refractivity contribution in [1.82, 2.24) is 15.0 Å². The minimum absolute atomic E-state index is 0.377. The maximum Gasteiger partial charge on any atom is 0.222 e. The van der Waals surface area contributed by atoms with E-state index in [1.165, 1.54) is 25.7 Å². The number of hydrogen-bond acceptors (Lipinski definition) is 4. The summed E-state index contributed by atoms with van der Waals surface area (Å²) in [6.45, 7) is 5.83. The molecule has 2 saturated heterocycles. The summed E-state index contributed by atoms with van der Waals surface area (Å²) in [6, 6.07) is 2.47.